The maximum absolute atomic E-state index is 5.51. The quantitative estimate of drug-likeness (QED) is 0.284. The lowest BCUT2D eigenvalue weighted by Crippen LogP contribution is -2.39. The van der Waals surface area contributed by atoms with E-state index >= 15 is 0 Å². The van der Waals surface area contributed by atoms with Gasteiger partial charge in [0, 0.05) is 49.5 Å². The highest BCUT2D eigenvalue weighted by atomic mass is 16.5. The number of nitrogens with zero attached hydrogens (tertiary/aromatic N) is 5. The summed E-state index contributed by atoms with van der Waals surface area (Å²) in [4.78, 5) is 16.6. The third-order valence-corrected chi connectivity index (χ3v) is 7.09. The summed E-state index contributed by atoms with van der Waals surface area (Å²) in [6, 6.07) is 14.9. The Kier molecular flexibility index (Phi) is 8.02. The molecule has 2 aromatic heterocycles. The van der Waals surface area contributed by atoms with Crippen LogP contribution in [0.5, 0.6) is 17.2 Å². The summed E-state index contributed by atoms with van der Waals surface area (Å²) < 4.78 is 18.6. The van der Waals surface area contributed by atoms with E-state index in [1.807, 2.05) is 12.1 Å². The van der Waals surface area contributed by atoms with E-state index < -0.39 is 0 Å². The van der Waals surface area contributed by atoms with Crippen molar-refractivity contribution in [1.29, 1.82) is 0 Å². The molecule has 0 aliphatic carbocycles. The van der Waals surface area contributed by atoms with Crippen LogP contribution in [0.3, 0.4) is 0 Å². The van der Waals surface area contributed by atoms with Crippen molar-refractivity contribution in [3.63, 3.8) is 0 Å². The Labute approximate surface area is 229 Å². The fourth-order valence-corrected chi connectivity index (χ4v) is 5.14. The van der Waals surface area contributed by atoms with E-state index in [1.54, 1.807) is 27.7 Å². The van der Waals surface area contributed by atoms with Crippen LogP contribution in [-0.2, 0) is 6.54 Å². The zero-order valence-electron chi connectivity index (χ0n) is 23.3. The van der Waals surface area contributed by atoms with Crippen LogP contribution in [0, 0.1) is 0 Å². The molecule has 206 valence electrons. The third kappa shape index (κ3) is 5.70. The standard InChI is InChI=1S/C29H37N7O3/c1-19(2)36-28-25(27(30-18-31-28)32-22-15-23(37-3)26(39-5)24(16-22)38-4)34-29(36)33-21-11-13-35(14-12-21)17-20-9-7-6-8-10-20/h6-10,15-16,18-19,21H,11-14,17H2,1-5H3,(H,33,34)(H,30,31,32). The molecule has 0 unspecified atom stereocenters. The van der Waals surface area contributed by atoms with Gasteiger partial charge < -0.3 is 24.8 Å². The minimum absolute atomic E-state index is 0.166. The van der Waals surface area contributed by atoms with Crippen LogP contribution in [0.25, 0.3) is 11.2 Å². The van der Waals surface area contributed by atoms with Gasteiger partial charge in [-0.25, -0.2) is 15.0 Å². The number of hydrogen-bond donors (Lipinski definition) is 2. The van der Waals surface area contributed by atoms with Gasteiger partial charge in [-0.3, -0.25) is 9.47 Å². The predicted molar refractivity (Wildman–Crippen MR) is 153 cm³/mol. The number of benzene rings is 2. The molecule has 0 bridgehead atoms. The first-order chi connectivity index (χ1) is 19.0. The van der Waals surface area contributed by atoms with E-state index in [0.29, 0.717) is 34.6 Å². The molecule has 2 aromatic carbocycles. The van der Waals surface area contributed by atoms with Crippen molar-refractivity contribution in [3.05, 3.63) is 54.4 Å². The number of hydrogen-bond acceptors (Lipinski definition) is 9. The lowest BCUT2D eigenvalue weighted by Gasteiger charge is -2.32. The number of fused-ring (bicyclic) bond motifs is 1. The molecule has 1 fully saturated rings. The van der Waals surface area contributed by atoms with Gasteiger partial charge in [-0.1, -0.05) is 30.3 Å². The molecule has 1 aliphatic heterocycles. The van der Waals surface area contributed by atoms with Crippen molar-refractivity contribution in [1.82, 2.24) is 24.4 Å². The van der Waals surface area contributed by atoms with E-state index in [2.05, 4.69) is 74.2 Å². The SMILES string of the molecule is COc1cc(Nc2ncnc3c2nc(NC2CCN(Cc4ccccc4)CC2)n3C(C)C)cc(OC)c1OC. The van der Waals surface area contributed by atoms with Crippen LogP contribution in [-0.4, -0.2) is 64.9 Å². The number of piperidine rings is 1. The van der Waals surface area contributed by atoms with Crippen molar-refractivity contribution in [2.75, 3.05) is 45.1 Å². The Morgan fingerprint density at radius 2 is 1.64 bits per heavy atom. The smallest absolute Gasteiger partial charge is 0.205 e. The average molecular weight is 532 g/mol. The van der Waals surface area contributed by atoms with E-state index in [-0.39, 0.29) is 6.04 Å². The lowest BCUT2D eigenvalue weighted by molar-refractivity contribution is 0.211. The highest BCUT2D eigenvalue weighted by Crippen LogP contribution is 2.41. The number of ether oxygens (including phenoxy) is 3. The Hall–Kier alpha value is -4.05. The number of likely N-dealkylation sites (tertiary alicyclic amines) is 1. The summed E-state index contributed by atoms with van der Waals surface area (Å²) in [6.45, 7) is 7.36. The van der Waals surface area contributed by atoms with Crippen LogP contribution in [0.1, 0.15) is 38.3 Å². The first-order valence-corrected chi connectivity index (χ1v) is 13.3. The molecule has 10 heteroatoms. The molecular formula is C29H37N7O3. The molecule has 1 aliphatic rings. The van der Waals surface area contributed by atoms with E-state index in [0.717, 1.165) is 49.8 Å². The van der Waals surface area contributed by atoms with Gasteiger partial charge in [-0.2, -0.15) is 0 Å². The highest BCUT2D eigenvalue weighted by Gasteiger charge is 2.24. The fraction of sp³-hybridized carbons (Fsp3) is 0.414. The summed E-state index contributed by atoms with van der Waals surface area (Å²) in [6.07, 6.45) is 3.67. The van der Waals surface area contributed by atoms with Crippen molar-refractivity contribution < 1.29 is 14.2 Å². The topological polar surface area (TPSA) is 98.6 Å². The van der Waals surface area contributed by atoms with Crippen LogP contribution in [0.2, 0.25) is 0 Å². The molecular weight excluding hydrogens is 494 g/mol. The summed E-state index contributed by atoms with van der Waals surface area (Å²) in [7, 11) is 4.78. The molecule has 39 heavy (non-hydrogen) atoms. The normalized spacial score (nSPS) is 14.5. The van der Waals surface area contributed by atoms with Crippen LogP contribution < -0.4 is 24.8 Å². The number of anilines is 3. The molecule has 0 saturated carbocycles. The molecule has 5 rings (SSSR count). The second kappa shape index (κ2) is 11.8. The monoisotopic (exact) mass is 531 g/mol. The van der Waals surface area contributed by atoms with E-state index in [1.165, 1.54) is 5.56 Å². The van der Waals surface area contributed by atoms with Gasteiger partial charge in [0.2, 0.25) is 11.7 Å². The Bertz CT molecular complexity index is 1370. The average Bonchev–Trinajstić information content (AvgIpc) is 3.33. The first kappa shape index (κ1) is 26.6. The van der Waals surface area contributed by atoms with Gasteiger partial charge in [0.05, 0.1) is 21.3 Å². The molecule has 10 nitrogen and oxygen atoms in total. The molecule has 0 amide bonds. The van der Waals surface area contributed by atoms with E-state index in [9.17, 15) is 0 Å². The van der Waals surface area contributed by atoms with Crippen LogP contribution in [0.15, 0.2) is 48.8 Å². The molecule has 1 saturated heterocycles. The number of aromatic nitrogens is 4. The van der Waals surface area contributed by atoms with Crippen LogP contribution >= 0.6 is 0 Å². The van der Waals surface area contributed by atoms with Crippen molar-refractivity contribution in [2.45, 2.75) is 45.3 Å². The third-order valence-electron chi connectivity index (χ3n) is 7.09. The Morgan fingerprint density at radius 1 is 0.949 bits per heavy atom. The zero-order valence-corrected chi connectivity index (χ0v) is 23.3. The number of methoxy groups -OCH3 is 3. The van der Waals surface area contributed by atoms with Crippen molar-refractivity contribution in [2.24, 2.45) is 0 Å². The van der Waals surface area contributed by atoms with Crippen LogP contribution in [0.4, 0.5) is 17.5 Å². The second-order valence-electron chi connectivity index (χ2n) is 10.0. The molecule has 0 atom stereocenters. The first-order valence-electron chi connectivity index (χ1n) is 13.3. The second-order valence-corrected chi connectivity index (χ2v) is 10.0. The van der Waals surface area contributed by atoms with Gasteiger partial charge in [0.25, 0.3) is 0 Å². The van der Waals surface area contributed by atoms with Crippen molar-refractivity contribution >= 4 is 28.6 Å². The molecule has 4 aromatic rings. The Balaban J connectivity index is 1.37. The molecule has 0 radical (unpaired) electrons. The maximum atomic E-state index is 5.51. The lowest BCUT2D eigenvalue weighted by atomic mass is 10.0. The van der Waals surface area contributed by atoms with Gasteiger partial charge in [0.15, 0.2) is 28.5 Å². The summed E-state index contributed by atoms with van der Waals surface area (Å²) >= 11 is 0. The van der Waals surface area contributed by atoms with Crippen molar-refractivity contribution in [3.8, 4) is 17.2 Å². The Morgan fingerprint density at radius 3 is 2.26 bits per heavy atom. The molecule has 0 spiro atoms. The minimum atomic E-state index is 0.166. The maximum Gasteiger partial charge on any atom is 0.205 e. The van der Waals surface area contributed by atoms with E-state index in [4.69, 9.17) is 19.2 Å². The molecule has 3 heterocycles. The van der Waals surface area contributed by atoms with Gasteiger partial charge in [0.1, 0.15) is 6.33 Å². The molecule has 2 N–H and O–H groups in total. The fourth-order valence-electron chi connectivity index (χ4n) is 5.14. The minimum Gasteiger partial charge on any atom is -0.493 e. The number of nitrogens with one attached hydrogen (secondary N) is 2. The zero-order chi connectivity index (χ0) is 27.4. The van der Waals surface area contributed by atoms with Gasteiger partial charge >= 0.3 is 0 Å². The number of rotatable bonds is 10. The van der Waals surface area contributed by atoms with Gasteiger partial charge in [-0.15, -0.1) is 0 Å². The largest absolute Gasteiger partial charge is 0.493 e. The summed E-state index contributed by atoms with van der Waals surface area (Å²) in [5, 5.41) is 7.10. The highest BCUT2D eigenvalue weighted by molar-refractivity contribution is 5.88. The number of imidazole rings is 1. The summed E-state index contributed by atoms with van der Waals surface area (Å²) in [5.41, 5.74) is 3.57. The van der Waals surface area contributed by atoms with Gasteiger partial charge in [-0.05, 0) is 32.3 Å². The summed E-state index contributed by atoms with van der Waals surface area (Å²) in [5.74, 6) is 3.06. The predicted octanol–water partition coefficient (Wildman–Crippen LogP) is 5.25.